The smallest absolute Gasteiger partial charge is 0.225 e. The molecular weight excluding hydrogens is 232 g/mol. The van der Waals surface area contributed by atoms with Gasteiger partial charge < -0.3 is 14.6 Å². The van der Waals surface area contributed by atoms with Crippen LogP contribution < -0.4 is 5.32 Å². The summed E-state index contributed by atoms with van der Waals surface area (Å²) in [5.41, 5.74) is 0. The lowest BCUT2D eigenvalue weighted by molar-refractivity contribution is -0.128. The van der Waals surface area contributed by atoms with Gasteiger partial charge in [-0.15, -0.1) is 0 Å². The molecule has 2 atom stereocenters. The molecule has 0 unspecified atom stereocenters. The van der Waals surface area contributed by atoms with E-state index >= 15 is 0 Å². The van der Waals surface area contributed by atoms with E-state index in [4.69, 9.17) is 4.42 Å². The second-order valence-corrected chi connectivity index (χ2v) is 4.87. The summed E-state index contributed by atoms with van der Waals surface area (Å²) in [7, 11) is 1.72. The zero-order chi connectivity index (χ0) is 13.1. The molecule has 18 heavy (non-hydrogen) atoms. The number of rotatable bonds is 4. The lowest BCUT2D eigenvalue weighted by Gasteiger charge is -2.15. The Bertz CT molecular complexity index is 427. The van der Waals surface area contributed by atoms with Crippen molar-refractivity contribution in [3.8, 4) is 0 Å². The zero-order valence-corrected chi connectivity index (χ0v) is 10.7. The van der Waals surface area contributed by atoms with Crippen molar-refractivity contribution in [3.63, 3.8) is 0 Å². The first kappa shape index (κ1) is 12.7. The number of likely N-dealkylation sites (tertiary alicyclic amines) is 1. The second-order valence-electron chi connectivity index (χ2n) is 4.87. The molecule has 2 amide bonds. The average Bonchev–Trinajstić information content (AvgIpc) is 2.90. The molecule has 5 heteroatoms. The third kappa shape index (κ3) is 2.91. The highest BCUT2D eigenvalue weighted by molar-refractivity contribution is 5.89. The summed E-state index contributed by atoms with van der Waals surface area (Å²) in [6.45, 7) is 2.44. The van der Waals surface area contributed by atoms with Crippen LogP contribution in [0.25, 0.3) is 0 Å². The van der Waals surface area contributed by atoms with Gasteiger partial charge in [-0.1, -0.05) is 0 Å². The molecule has 0 bridgehead atoms. The number of carbonyl (C=O) groups excluding carboxylic acids is 2. The number of carbonyl (C=O) groups is 2. The van der Waals surface area contributed by atoms with E-state index in [1.807, 2.05) is 19.1 Å². The largest absolute Gasteiger partial charge is 0.469 e. The van der Waals surface area contributed by atoms with Gasteiger partial charge in [0, 0.05) is 32.5 Å². The van der Waals surface area contributed by atoms with Crippen LogP contribution in [0, 0.1) is 5.92 Å². The number of hydrogen-bond acceptors (Lipinski definition) is 3. The quantitative estimate of drug-likeness (QED) is 0.860. The summed E-state index contributed by atoms with van der Waals surface area (Å²) in [4.78, 5) is 24.9. The van der Waals surface area contributed by atoms with E-state index in [1.54, 1.807) is 18.2 Å². The Morgan fingerprint density at radius 1 is 1.67 bits per heavy atom. The van der Waals surface area contributed by atoms with E-state index < -0.39 is 0 Å². The van der Waals surface area contributed by atoms with E-state index in [2.05, 4.69) is 5.32 Å². The van der Waals surface area contributed by atoms with E-state index in [-0.39, 0.29) is 23.8 Å². The monoisotopic (exact) mass is 250 g/mol. The molecule has 1 saturated heterocycles. The molecular formula is C13H18N2O3. The zero-order valence-electron chi connectivity index (χ0n) is 10.7. The topological polar surface area (TPSA) is 62.6 Å². The summed E-state index contributed by atoms with van der Waals surface area (Å²) >= 11 is 0. The molecule has 1 aromatic heterocycles. The molecule has 0 spiro atoms. The Kier molecular flexibility index (Phi) is 3.69. The van der Waals surface area contributed by atoms with Crippen molar-refractivity contribution < 1.29 is 14.0 Å². The van der Waals surface area contributed by atoms with Crippen LogP contribution in [0.3, 0.4) is 0 Å². The molecule has 5 nitrogen and oxygen atoms in total. The Hall–Kier alpha value is -1.78. The van der Waals surface area contributed by atoms with Gasteiger partial charge in [-0.05, 0) is 19.1 Å². The summed E-state index contributed by atoms with van der Waals surface area (Å²) in [6.07, 6.45) is 2.60. The fraction of sp³-hybridized carbons (Fsp3) is 0.538. The third-order valence-electron chi connectivity index (χ3n) is 3.19. The maximum atomic E-state index is 12.0. The highest BCUT2D eigenvalue weighted by atomic mass is 16.3. The van der Waals surface area contributed by atoms with Gasteiger partial charge in [0.2, 0.25) is 11.8 Å². The molecule has 0 aromatic carbocycles. The van der Waals surface area contributed by atoms with E-state index in [0.717, 1.165) is 5.76 Å². The van der Waals surface area contributed by atoms with Gasteiger partial charge in [0.25, 0.3) is 0 Å². The van der Waals surface area contributed by atoms with Crippen molar-refractivity contribution in [2.45, 2.75) is 25.8 Å². The summed E-state index contributed by atoms with van der Waals surface area (Å²) in [5, 5.41) is 2.92. The van der Waals surface area contributed by atoms with E-state index in [0.29, 0.717) is 19.4 Å². The first-order valence-corrected chi connectivity index (χ1v) is 6.13. The van der Waals surface area contributed by atoms with E-state index in [9.17, 15) is 9.59 Å². The summed E-state index contributed by atoms with van der Waals surface area (Å²) in [5.74, 6) is 0.615. The SMILES string of the molecule is C[C@@H](Cc1ccco1)NC(=O)[C@@H]1CC(=O)N(C)C1. The minimum Gasteiger partial charge on any atom is -0.469 e. The fourth-order valence-electron chi connectivity index (χ4n) is 2.18. The highest BCUT2D eigenvalue weighted by Crippen LogP contribution is 2.16. The molecule has 1 aliphatic heterocycles. The predicted octanol–water partition coefficient (Wildman–Crippen LogP) is 0.805. The first-order valence-electron chi connectivity index (χ1n) is 6.13. The summed E-state index contributed by atoms with van der Waals surface area (Å²) in [6, 6.07) is 3.72. The number of amides is 2. The van der Waals surface area contributed by atoms with Gasteiger partial charge in [-0.2, -0.15) is 0 Å². The van der Waals surface area contributed by atoms with Crippen molar-refractivity contribution in [1.29, 1.82) is 0 Å². The number of hydrogen-bond donors (Lipinski definition) is 1. The van der Waals surface area contributed by atoms with Gasteiger partial charge >= 0.3 is 0 Å². The van der Waals surface area contributed by atoms with Gasteiger partial charge in [-0.25, -0.2) is 0 Å². The highest BCUT2D eigenvalue weighted by Gasteiger charge is 2.32. The molecule has 1 fully saturated rings. The first-order chi connectivity index (χ1) is 8.56. The maximum absolute atomic E-state index is 12.0. The lowest BCUT2D eigenvalue weighted by Crippen LogP contribution is -2.39. The average molecular weight is 250 g/mol. The molecule has 0 saturated carbocycles. The van der Waals surface area contributed by atoms with Crippen molar-refractivity contribution in [2.24, 2.45) is 5.92 Å². The third-order valence-corrected chi connectivity index (χ3v) is 3.19. The maximum Gasteiger partial charge on any atom is 0.225 e. The minimum absolute atomic E-state index is 0.00431. The van der Waals surface area contributed by atoms with Gasteiger partial charge in [0.05, 0.1) is 12.2 Å². The van der Waals surface area contributed by atoms with Crippen molar-refractivity contribution in [1.82, 2.24) is 10.2 Å². The molecule has 0 radical (unpaired) electrons. The normalized spacial score (nSPS) is 21.1. The number of furan rings is 1. The molecule has 1 aromatic rings. The standard InChI is InChI=1S/C13H18N2O3/c1-9(6-11-4-3-5-18-11)14-13(17)10-7-12(16)15(2)8-10/h3-5,9-10H,6-8H2,1-2H3,(H,14,17)/t9-,10+/m0/s1. The Labute approximate surface area is 106 Å². The van der Waals surface area contributed by atoms with Crippen molar-refractivity contribution in [2.75, 3.05) is 13.6 Å². The second kappa shape index (κ2) is 5.25. The Morgan fingerprint density at radius 2 is 2.44 bits per heavy atom. The molecule has 2 heterocycles. The lowest BCUT2D eigenvalue weighted by atomic mass is 10.1. The van der Waals surface area contributed by atoms with Crippen molar-refractivity contribution in [3.05, 3.63) is 24.2 Å². The van der Waals surface area contributed by atoms with Gasteiger partial charge in [0.1, 0.15) is 5.76 Å². The van der Waals surface area contributed by atoms with Gasteiger partial charge in [-0.3, -0.25) is 9.59 Å². The molecule has 1 aliphatic rings. The molecule has 98 valence electrons. The Morgan fingerprint density at radius 3 is 3.00 bits per heavy atom. The molecule has 0 aliphatic carbocycles. The van der Waals surface area contributed by atoms with Crippen molar-refractivity contribution >= 4 is 11.8 Å². The number of nitrogens with zero attached hydrogens (tertiary/aromatic N) is 1. The number of nitrogens with one attached hydrogen (secondary N) is 1. The van der Waals surface area contributed by atoms with Crippen LogP contribution in [0.1, 0.15) is 19.1 Å². The molecule has 1 N–H and O–H groups in total. The van der Waals surface area contributed by atoms with Crippen LogP contribution in [0.4, 0.5) is 0 Å². The summed E-state index contributed by atoms with van der Waals surface area (Å²) < 4.78 is 5.23. The van der Waals surface area contributed by atoms with Crippen LogP contribution in [0.15, 0.2) is 22.8 Å². The predicted molar refractivity (Wildman–Crippen MR) is 65.8 cm³/mol. The van der Waals surface area contributed by atoms with Crippen LogP contribution in [-0.2, 0) is 16.0 Å². The minimum atomic E-state index is -0.221. The fourth-order valence-corrected chi connectivity index (χ4v) is 2.18. The Balaban J connectivity index is 1.82. The molecule has 2 rings (SSSR count). The van der Waals surface area contributed by atoms with Crippen LogP contribution in [0.5, 0.6) is 0 Å². The van der Waals surface area contributed by atoms with E-state index in [1.165, 1.54) is 0 Å². The van der Waals surface area contributed by atoms with Crippen LogP contribution >= 0.6 is 0 Å². The van der Waals surface area contributed by atoms with Crippen LogP contribution in [0.2, 0.25) is 0 Å². The van der Waals surface area contributed by atoms with Crippen LogP contribution in [-0.4, -0.2) is 36.3 Å². The van der Waals surface area contributed by atoms with Gasteiger partial charge in [0.15, 0.2) is 0 Å².